The van der Waals surface area contributed by atoms with E-state index in [0.29, 0.717) is 6.54 Å². The molecule has 1 heterocycles. The highest BCUT2D eigenvalue weighted by atomic mass is 35.5. The summed E-state index contributed by atoms with van der Waals surface area (Å²) in [6, 6.07) is 6.31. The molecule has 1 aromatic rings. The minimum Gasteiger partial charge on any atom is -0.340 e. The van der Waals surface area contributed by atoms with Gasteiger partial charge in [-0.2, -0.15) is 0 Å². The molecular weight excluding hydrogens is 267 g/mol. The number of likely N-dealkylation sites (N-methyl/N-ethyl adjacent to an activating group) is 1. The quantitative estimate of drug-likeness (QED) is 0.925. The van der Waals surface area contributed by atoms with Crippen molar-refractivity contribution in [3.8, 4) is 0 Å². The summed E-state index contributed by atoms with van der Waals surface area (Å²) in [5.41, 5.74) is 0.821. The Morgan fingerprint density at radius 3 is 2.89 bits per heavy atom. The lowest BCUT2D eigenvalue weighted by atomic mass is 10.0. The van der Waals surface area contributed by atoms with Gasteiger partial charge in [-0.25, -0.2) is 4.39 Å². The molecule has 2 rings (SSSR count). The number of nitrogens with one attached hydrogen (secondary N) is 1. The lowest BCUT2D eigenvalue weighted by Gasteiger charge is -2.27. The smallest absolute Gasteiger partial charge is 0.239 e. The van der Waals surface area contributed by atoms with Crippen LogP contribution in [0.2, 0.25) is 0 Å². The molecule has 1 aliphatic rings. The second kappa shape index (κ2) is 7.46. The first-order chi connectivity index (χ1) is 8.66. The van der Waals surface area contributed by atoms with Crippen LogP contribution in [0.5, 0.6) is 0 Å². The van der Waals surface area contributed by atoms with Crippen LogP contribution in [0.1, 0.15) is 24.8 Å². The fourth-order valence-electron chi connectivity index (χ4n) is 2.32. The second-order valence-electron chi connectivity index (χ2n) is 4.83. The normalized spacial score (nSPS) is 18.5. The number of hydrogen-bond donors (Lipinski definition) is 1. The summed E-state index contributed by atoms with van der Waals surface area (Å²) in [7, 11) is 1.77. The average molecular weight is 287 g/mol. The third-order valence-electron chi connectivity index (χ3n) is 3.29. The maximum Gasteiger partial charge on any atom is 0.239 e. The first-order valence-corrected chi connectivity index (χ1v) is 6.39. The first-order valence-electron chi connectivity index (χ1n) is 6.39. The highest BCUT2D eigenvalue weighted by Crippen LogP contribution is 2.12. The van der Waals surface area contributed by atoms with Gasteiger partial charge in [-0.15, -0.1) is 12.4 Å². The van der Waals surface area contributed by atoms with Gasteiger partial charge in [0.2, 0.25) is 5.91 Å². The SMILES string of the molecule is CN(Cc1cccc(F)c1)C(=O)[C@@H]1CCCCN1.Cl. The molecule has 0 radical (unpaired) electrons. The Kier molecular flexibility index (Phi) is 6.25. The maximum absolute atomic E-state index is 13.1. The molecule has 1 N–H and O–H groups in total. The van der Waals surface area contributed by atoms with E-state index in [0.717, 1.165) is 31.4 Å². The molecule has 1 aliphatic heterocycles. The number of amides is 1. The van der Waals surface area contributed by atoms with Gasteiger partial charge in [-0.3, -0.25) is 4.79 Å². The van der Waals surface area contributed by atoms with Crippen molar-refractivity contribution in [3.63, 3.8) is 0 Å². The van der Waals surface area contributed by atoms with Crippen LogP contribution in [0.25, 0.3) is 0 Å². The van der Waals surface area contributed by atoms with Crippen LogP contribution in [-0.2, 0) is 11.3 Å². The molecule has 0 aliphatic carbocycles. The highest BCUT2D eigenvalue weighted by molar-refractivity contribution is 5.85. The average Bonchev–Trinajstić information content (AvgIpc) is 2.39. The summed E-state index contributed by atoms with van der Waals surface area (Å²) in [6.45, 7) is 1.36. The number of halogens is 2. The van der Waals surface area contributed by atoms with Gasteiger partial charge in [0, 0.05) is 13.6 Å². The fraction of sp³-hybridized carbons (Fsp3) is 0.500. The Morgan fingerprint density at radius 2 is 2.26 bits per heavy atom. The molecule has 1 saturated heterocycles. The summed E-state index contributed by atoms with van der Waals surface area (Å²) in [4.78, 5) is 13.8. The maximum atomic E-state index is 13.1. The Morgan fingerprint density at radius 1 is 1.47 bits per heavy atom. The largest absolute Gasteiger partial charge is 0.340 e. The molecule has 1 fully saturated rings. The second-order valence-corrected chi connectivity index (χ2v) is 4.83. The minimum atomic E-state index is -0.260. The molecule has 1 atom stereocenters. The zero-order valence-corrected chi connectivity index (χ0v) is 11.9. The molecule has 0 bridgehead atoms. The number of nitrogens with zero attached hydrogens (tertiary/aromatic N) is 1. The van der Waals surface area contributed by atoms with E-state index < -0.39 is 0 Å². The van der Waals surface area contributed by atoms with Crippen LogP contribution in [-0.4, -0.2) is 30.4 Å². The van der Waals surface area contributed by atoms with Crippen molar-refractivity contribution in [1.82, 2.24) is 10.2 Å². The van der Waals surface area contributed by atoms with Gasteiger partial charge in [0.15, 0.2) is 0 Å². The molecule has 0 unspecified atom stereocenters. The summed E-state index contributed by atoms with van der Waals surface area (Å²) in [5, 5.41) is 3.23. The van der Waals surface area contributed by atoms with Crippen LogP contribution >= 0.6 is 12.4 Å². The number of carbonyl (C=O) groups excluding carboxylic acids is 1. The Balaban J connectivity index is 0.00000180. The van der Waals surface area contributed by atoms with Crippen LogP contribution in [0.3, 0.4) is 0 Å². The van der Waals surface area contributed by atoms with Gasteiger partial charge in [-0.1, -0.05) is 18.6 Å². The van der Waals surface area contributed by atoms with Crippen LogP contribution in [0.15, 0.2) is 24.3 Å². The molecule has 19 heavy (non-hydrogen) atoms. The zero-order chi connectivity index (χ0) is 13.0. The van der Waals surface area contributed by atoms with Crippen molar-refractivity contribution in [2.75, 3.05) is 13.6 Å². The van der Waals surface area contributed by atoms with Gasteiger partial charge in [0.05, 0.1) is 6.04 Å². The standard InChI is InChI=1S/C14H19FN2O.ClH/c1-17(10-11-5-4-6-12(15)9-11)14(18)13-7-2-3-8-16-13;/h4-6,9,13,16H,2-3,7-8,10H2,1H3;1H/t13-;/m0./s1. The van der Waals surface area contributed by atoms with Gasteiger partial charge in [0.1, 0.15) is 5.82 Å². The number of carbonyl (C=O) groups is 1. The fourth-order valence-corrected chi connectivity index (χ4v) is 2.32. The van der Waals surface area contributed by atoms with Gasteiger partial charge in [0.25, 0.3) is 0 Å². The van der Waals surface area contributed by atoms with E-state index >= 15 is 0 Å². The van der Waals surface area contributed by atoms with Crippen molar-refractivity contribution in [3.05, 3.63) is 35.6 Å². The molecule has 0 aromatic heterocycles. The van der Waals surface area contributed by atoms with Crippen LogP contribution in [0.4, 0.5) is 4.39 Å². The van der Waals surface area contributed by atoms with E-state index in [9.17, 15) is 9.18 Å². The monoisotopic (exact) mass is 286 g/mol. The lowest BCUT2D eigenvalue weighted by Crippen LogP contribution is -2.46. The van der Waals surface area contributed by atoms with Crippen molar-refractivity contribution >= 4 is 18.3 Å². The van der Waals surface area contributed by atoms with Gasteiger partial charge in [-0.05, 0) is 37.1 Å². The Bertz CT molecular complexity index is 422. The van der Waals surface area contributed by atoms with E-state index in [1.807, 2.05) is 6.07 Å². The summed E-state index contributed by atoms with van der Waals surface area (Å²) in [6.07, 6.45) is 3.13. The van der Waals surface area contributed by atoms with E-state index in [4.69, 9.17) is 0 Å². The molecule has 5 heteroatoms. The molecule has 0 saturated carbocycles. The predicted octanol–water partition coefficient (Wildman–Crippen LogP) is 2.35. The van der Waals surface area contributed by atoms with Gasteiger partial charge >= 0.3 is 0 Å². The lowest BCUT2D eigenvalue weighted by molar-refractivity contribution is -0.133. The van der Waals surface area contributed by atoms with E-state index in [1.165, 1.54) is 12.1 Å². The van der Waals surface area contributed by atoms with Crippen LogP contribution in [0, 0.1) is 5.82 Å². The summed E-state index contributed by atoms with van der Waals surface area (Å²) >= 11 is 0. The zero-order valence-electron chi connectivity index (χ0n) is 11.1. The number of piperidine rings is 1. The number of benzene rings is 1. The van der Waals surface area contributed by atoms with E-state index in [2.05, 4.69) is 5.32 Å². The van der Waals surface area contributed by atoms with Crippen LogP contribution < -0.4 is 5.32 Å². The van der Waals surface area contributed by atoms with E-state index in [1.54, 1.807) is 18.0 Å². The van der Waals surface area contributed by atoms with Crippen molar-refractivity contribution in [1.29, 1.82) is 0 Å². The Hall–Kier alpha value is -1.13. The third-order valence-corrected chi connectivity index (χ3v) is 3.29. The molecule has 0 spiro atoms. The Labute approximate surface area is 119 Å². The van der Waals surface area contributed by atoms with Crippen molar-refractivity contribution in [2.45, 2.75) is 31.8 Å². The molecular formula is C14H20ClFN2O. The summed E-state index contributed by atoms with van der Waals surface area (Å²) < 4.78 is 13.1. The summed E-state index contributed by atoms with van der Waals surface area (Å²) in [5.74, 6) is -0.164. The third kappa shape index (κ3) is 4.48. The molecule has 1 amide bonds. The number of hydrogen-bond acceptors (Lipinski definition) is 2. The highest BCUT2D eigenvalue weighted by Gasteiger charge is 2.23. The molecule has 1 aromatic carbocycles. The van der Waals surface area contributed by atoms with Crippen molar-refractivity contribution < 1.29 is 9.18 Å². The van der Waals surface area contributed by atoms with E-state index in [-0.39, 0.29) is 30.2 Å². The number of rotatable bonds is 3. The van der Waals surface area contributed by atoms with Crippen molar-refractivity contribution in [2.24, 2.45) is 0 Å². The predicted molar refractivity (Wildman–Crippen MR) is 75.8 cm³/mol. The topological polar surface area (TPSA) is 32.3 Å². The minimum absolute atomic E-state index is 0. The molecule has 106 valence electrons. The van der Waals surface area contributed by atoms with Gasteiger partial charge < -0.3 is 10.2 Å². The molecule has 3 nitrogen and oxygen atoms in total. The first kappa shape index (κ1) is 15.9.